The number of pyridine rings is 1. The van der Waals surface area contributed by atoms with E-state index in [1.807, 2.05) is 25.1 Å². The van der Waals surface area contributed by atoms with Gasteiger partial charge in [0.1, 0.15) is 22.9 Å². The van der Waals surface area contributed by atoms with E-state index in [1.165, 1.54) is 10.9 Å². The highest BCUT2D eigenvalue weighted by Gasteiger charge is 2.22. The number of H-pyrrole nitrogens is 1. The van der Waals surface area contributed by atoms with Crippen LogP contribution in [-0.2, 0) is 7.05 Å². The van der Waals surface area contributed by atoms with Crippen LogP contribution in [0.1, 0.15) is 16.1 Å². The number of rotatable bonds is 3. The van der Waals surface area contributed by atoms with Gasteiger partial charge in [-0.1, -0.05) is 6.07 Å². The second kappa shape index (κ2) is 6.98. The lowest BCUT2D eigenvalue weighted by atomic mass is 10.1. The van der Waals surface area contributed by atoms with Gasteiger partial charge in [0.15, 0.2) is 0 Å². The zero-order valence-electron chi connectivity index (χ0n) is 16.6. The Morgan fingerprint density at radius 2 is 1.97 bits per heavy atom. The van der Waals surface area contributed by atoms with Gasteiger partial charge in [-0.3, -0.25) is 19.6 Å². The van der Waals surface area contributed by atoms with Gasteiger partial charge in [0.05, 0.1) is 28.3 Å². The third kappa shape index (κ3) is 3.10. The summed E-state index contributed by atoms with van der Waals surface area (Å²) in [5.74, 6) is -2.80. The van der Waals surface area contributed by atoms with Crippen molar-refractivity contribution in [1.82, 2.24) is 25.0 Å². The number of amides is 1. The molecule has 0 aliphatic rings. The van der Waals surface area contributed by atoms with Crippen LogP contribution in [0.2, 0.25) is 0 Å². The fourth-order valence-corrected chi connectivity index (χ4v) is 3.58. The van der Waals surface area contributed by atoms with E-state index in [1.54, 1.807) is 25.2 Å². The lowest BCUT2D eigenvalue weighted by Crippen LogP contribution is -2.16. The van der Waals surface area contributed by atoms with Gasteiger partial charge in [-0.15, -0.1) is 0 Å². The van der Waals surface area contributed by atoms with E-state index in [0.29, 0.717) is 17.1 Å². The molecule has 0 atom stereocenters. The topological polar surface area (TPSA) is 88.5 Å². The van der Waals surface area contributed by atoms with E-state index in [-0.39, 0.29) is 10.9 Å². The Kier molecular flexibility index (Phi) is 4.25. The maximum atomic E-state index is 14.8. The van der Waals surface area contributed by atoms with Crippen LogP contribution in [0.25, 0.3) is 33.2 Å². The van der Waals surface area contributed by atoms with Gasteiger partial charge in [-0.05, 0) is 37.3 Å². The molecule has 0 radical (unpaired) electrons. The van der Waals surface area contributed by atoms with Gasteiger partial charge in [0, 0.05) is 29.9 Å². The molecule has 2 N–H and O–H groups in total. The molecule has 154 valence electrons. The molecule has 5 rings (SSSR count). The summed E-state index contributed by atoms with van der Waals surface area (Å²) in [5.41, 5.74) is 2.85. The second-order valence-corrected chi connectivity index (χ2v) is 7.20. The molecule has 1 amide bonds. The minimum Gasteiger partial charge on any atom is -0.322 e. The quantitative estimate of drug-likeness (QED) is 0.456. The normalized spacial score (nSPS) is 11.4. The van der Waals surface area contributed by atoms with Crippen molar-refractivity contribution >= 4 is 33.4 Å². The molecule has 2 aromatic carbocycles. The molecular formula is C22H16F2N6O. The molecule has 0 unspecified atom stereocenters. The molecule has 9 heteroatoms. The van der Waals surface area contributed by atoms with Crippen LogP contribution in [0, 0.1) is 18.6 Å². The average Bonchev–Trinajstić information content (AvgIpc) is 3.32. The van der Waals surface area contributed by atoms with E-state index >= 15 is 0 Å². The van der Waals surface area contributed by atoms with Gasteiger partial charge in [0.25, 0.3) is 5.91 Å². The first-order valence-electron chi connectivity index (χ1n) is 9.45. The number of aryl methyl sites for hydroxylation is 2. The van der Waals surface area contributed by atoms with Crippen LogP contribution in [0.3, 0.4) is 0 Å². The first kappa shape index (κ1) is 18.9. The lowest BCUT2D eigenvalue weighted by molar-refractivity contribution is 0.101. The Balaban J connectivity index is 1.53. The molecule has 0 saturated carbocycles. The lowest BCUT2D eigenvalue weighted by Gasteiger charge is -2.09. The summed E-state index contributed by atoms with van der Waals surface area (Å²) in [4.78, 5) is 17.2. The average molecular weight is 418 g/mol. The Morgan fingerprint density at radius 1 is 1.13 bits per heavy atom. The molecule has 7 nitrogen and oxygen atoms in total. The number of anilines is 1. The Hall–Kier alpha value is -4.14. The number of fused-ring (bicyclic) bond motifs is 2. The number of benzene rings is 2. The summed E-state index contributed by atoms with van der Waals surface area (Å²) in [5, 5.41) is 14.5. The molecule has 31 heavy (non-hydrogen) atoms. The number of hydrogen-bond donors (Lipinski definition) is 2. The summed E-state index contributed by atoms with van der Waals surface area (Å²) in [6, 6.07) is 11.7. The first-order valence-corrected chi connectivity index (χ1v) is 9.45. The predicted octanol–water partition coefficient (Wildman–Crippen LogP) is 4.35. The highest BCUT2D eigenvalue weighted by atomic mass is 19.1. The molecule has 3 aromatic heterocycles. The summed E-state index contributed by atoms with van der Waals surface area (Å²) in [6.45, 7) is 1.88. The number of aromatic amines is 1. The van der Waals surface area contributed by atoms with Crippen molar-refractivity contribution in [3.05, 3.63) is 71.6 Å². The van der Waals surface area contributed by atoms with Gasteiger partial charge in [-0.2, -0.15) is 10.2 Å². The highest BCUT2D eigenvalue weighted by molar-refractivity contribution is 6.08. The third-order valence-corrected chi connectivity index (χ3v) is 5.12. The number of nitrogens with one attached hydrogen (secondary N) is 2. The zero-order valence-corrected chi connectivity index (χ0v) is 16.6. The van der Waals surface area contributed by atoms with Crippen LogP contribution in [-0.4, -0.2) is 30.9 Å². The molecule has 0 bridgehead atoms. The van der Waals surface area contributed by atoms with Crippen molar-refractivity contribution in [1.29, 1.82) is 0 Å². The van der Waals surface area contributed by atoms with Crippen molar-refractivity contribution in [2.75, 3.05) is 5.32 Å². The number of carbonyl (C=O) groups is 1. The van der Waals surface area contributed by atoms with Crippen LogP contribution >= 0.6 is 0 Å². The Bertz CT molecular complexity index is 1490. The maximum Gasteiger partial charge on any atom is 0.261 e. The maximum absolute atomic E-state index is 14.8. The van der Waals surface area contributed by atoms with Crippen molar-refractivity contribution in [2.45, 2.75) is 6.92 Å². The van der Waals surface area contributed by atoms with E-state index in [9.17, 15) is 13.6 Å². The van der Waals surface area contributed by atoms with E-state index < -0.39 is 23.1 Å². The largest absolute Gasteiger partial charge is 0.322 e. The summed E-state index contributed by atoms with van der Waals surface area (Å²) in [6.07, 6.45) is 1.26. The highest BCUT2D eigenvalue weighted by Crippen LogP contribution is 2.29. The van der Waals surface area contributed by atoms with Gasteiger partial charge >= 0.3 is 0 Å². The van der Waals surface area contributed by atoms with E-state index in [4.69, 9.17) is 0 Å². The van der Waals surface area contributed by atoms with Crippen LogP contribution < -0.4 is 5.32 Å². The summed E-state index contributed by atoms with van der Waals surface area (Å²) >= 11 is 0. The SMILES string of the molecule is Cc1cccc(-c2n[nH]c3ccc(NC(=O)c4c(F)cc5c(cnn5C)c4F)cc23)n1. The molecule has 0 aliphatic heterocycles. The van der Waals surface area contributed by atoms with Crippen LogP contribution in [0.4, 0.5) is 14.5 Å². The Labute approximate surface area is 174 Å². The molecule has 5 aromatic rings. The fraction of sp³-hybridized carbons (Fsp3) is 0.0909. The molecule has 0 aliphatic carbocycles. The number of hydrogen-bond acceptors (Lipinski definition) is 4. The second-order valence-electron chi connectivity index (χ2n) is 7.20. The van der Waals surface area contributed by atoms with Crippen LogP contribution in [0.15, 0.2) is 48.7 Å². The summed E-state index contributed by atoms with van der Waals surface area (Å²) < 4.78 is 30.7. The van der Waals surface area contributed by atoms with E-state index in [0.717, 1.165) is 22.7 Å². The molecule has 0 saturated heterocycles. The summed E-state index contributed by atoms with van der Waals surface area (Å²) in [7, 11) is 1.57. The minimum absolute atomic E-state index is 0.0761. The Morgan fingerprint density at radius 3 is 2.77 bits per heavy atom. The van der Waals surface area contributed by atoms with Crippen molar-refractivity contribution in [3.63, 3.8) is 0 Å². The molecule has 0 spiro atoms. The molecule has 0 fully saturated rings. The number of aromatic nitrogens is 5. The van der Waals surface area contributed by atoms with Crippen molar-refractivity contribution in [2.24, 2.45) is 7.05 Å². The van der Waals surface area contributed by atoms with Gasteiger partial charge in [-0.25, -0.2) is 8.78 Å². The van der Waals surface area contributed by atoms with Gasteiger partial charge in [0.2, 0.25) is 0 Å². The number of nitrogens with zero attached hydrogens (tertiary/aromatic N) is 4. The zero-order chi connectivity index (χ0) is 21.7. The number of carbonyl (C=O) groups excluding carboxylic acids is 1. The predicted molar refractivity (Wildman–Crippen MR) is 113 cm³/mol. The van der Waals surface area contributed by atoms with Crippen molar-refractivity contribution < 1.29 is 13.6 Å². The monoisotopic (exact) mass is 418 g/mol. The standard InChI is InChI=1S/C22H16F2N6O/c1-11-4-3-5-17(26-11)21-13-8-12(6-7-16(13)28-29-21)27-22(31)19-15(23)9-18-14(20(19)24)10-25-30(18)2/h3-10H,1-2H3,(H,27,31)(H,28,29). The fourth-order valence-electron chi connectivity index (χ4n) is 3.58. The first-order chi connectivity index (χ1) is 14.9. The molecule has 3 heterocycles. The van der Waals surface area contributed by atoms with Crippen LogP contribution in [0.5, 0.6) is 0 Å². The van der Waals surface area contributed by atoms with Gasteiger partial charge < -0.3 is 5.32 Å². The number of halogens is 2. The van der Waals surface area contributed by atoms with Crippen molar-refractivity contribution in [3.8, 4) is 11.4 Å². The third-order valence-electron chi connectivity index (χ3n) is 5.12. The van der Waals surface area contributed by atoms with E-state index in [2.05, 4.69) is 25.6 Å². The smallest absolute Gasteiger partial charge is 0.261 e. The minimum atomic E-state index is -0.958. The molecular weight excluding hydrogens is 402 g/mol.